The Kier molecular flexibility index (Phi) is 5.50. The lowest BCUT2D eigenvalue weighted by atomic mass is 10.1. The highest BCUT2D eigenvalue weighted by Crippen LogP contribution is 2.22. The second-order valence-corrected chi connectivity index (χ2v) is 5.14. The zero-order chi connectivity index (χ0) is 16.9. The number of rotatable bonds is 5. The Bertz CT molecular complexity index is 655. The minimum Gasteiger partial charge on any atom is -0.406 e. The van der Waals surface area contributed by atoms with Crippen LogP contribution in [0, 0.1) is 0 Å². The number of hydrogen-bond acceptors (Lipinski definition) is 2. The maximum atomic E-state index is 12.0. The van der Waals surface area contributed by atoms with Crippen molar-refractivity contribution in [1.29, 1.82) is 0 Å². The van der Waals surface area contributed by atoms with Gasteiger partial charge in [0.15, 0.2) is 0 Å². The molecule has 0 aromatic heterocycles. The van der Waals surface area contributed by atoms with Crippen molar-refractivity contribution in [2.75, 3.05) is 6.54 Å². The number of benzene rings is 2. The fourth-order valence-corrected chi connectivity index (χ4v) is 2.01. The summed E-state index contributed by atoms with van der Waals surface area (Å²) in [6.45, 7) is 0.404. The molecule has 2 rings (SSSR count). The van der Waals surface area contributed by atoms with Gasteiger partial charge in [-0.25, -0.2) is 0 Å². The van der Waals surface area contributed by atoms with Gasteiger partial charge in [0.2, 0.25) is 0 Å². The molecule has 0 unspecified atom stereocenters. The van der Waals surface area contributed by atoms with Crippen LogP contribution in [0.5, 0.6) is 5.75 Å². The van der Waals surface area contributed by atoms with Gasteiger partial charge in [-0.2, -0.15) is 0 Å². The largest absolute Gasteiger partial charge is 0.573 e. The first kappa shape index (κ1) is 17.1. The van der Waals surface area contributed by atoms with Crippen LogP contribution in [0.15, 0.2) is 48.5 Å². The SMILES string of the molecule is O=C(NCCc1ccc(Cl)cc1)c1ccc(OC(F)(F)F)cc1. The van der Waals surface area contributed by atoms with Crippen molar-refractivity contribution in [3.05, 3.63) is 64.7 Å². The van der Waals surface area contributed by atoms with Gasteiger partial charge in [-0.3, -0.25) is 4.79 Å². The first-order valence-electron chi connectivity index (χ1n) is 6.72. The lowest BCUT2D eigenvalue weighted by Gasteiger charge is -2.09. The van der Waals surface area contributed by atoms with Crippen molar-refractivity contribution in [3.63, 3.8) is 0 Å². The van der Waals surface area contributed by atoms with Crippen LogP contribution in [0.2, 0.25) is 5.02 Å². The predicted molar refractivity (Wildman–Crippen MR) is 80.6 cm³/mol. The number of ether oxygens (including phenoxy) is 1. The van der Waals surface area contributed by atoms with E-state index in [4.69, 9.17) is 11.6 Å². The van der Waals surface area contributed by atoms with Crippen LogP contribution < -0.4 is 10.1 Å². The first-order valence-corrected chi connectivity index (χ1v) is 7.10. The number of alkyl halides is 3. The third-order valence-electron chi connectivity index (χ3n) is 2.96. The molecule has 0 atom stereocenters. The van der Waals surface area contributed by atoms with Gasteiger partial charge < -0.3 is 10.1 Å². The van der Waals surface area contributed by atoms with Gasteiger partial charge in [-0.05, 0) is 48.4 Å². The van der Waals surface area contributed by atoms with Gasteiger partial charge in [0.1, 0.15) is 5.75 Å². The molecule has 2 aromatic carbocycles. The number of carbonyl (C=O) groups excluding carboxylic acids is 1. The Morgan fingerprint density at radius 2 is 1.65 bits per heavy atom. The zero-order valence-corrected chi connectivity index (χ0v) is 12.6. The number of nitrogens with one attached hydrogen (secondary N) is 1. The molecule has 122 valence electrons. The van der Waals surface area contributed by atoms with Gasteiger partial charge in [-0.1, -0.05) is 23.7 Å². The molecule has 1 N–H and O–H groups in total. The van der Waals surface area contributed by atoms with Crippen LogP contribution >= 0.6 is 11.6 Å². The summed E-state index contributed by atoms with van der Waals surface area (Å²) < 4.78 is 39.9. The van der Waals surface area contributed by atoms with E-state index in [0.29, 0.717) is 18.0 Å². The fraction of sp³-hybridized carbons (Fsp3) is 0.188. The molecular formula is C16H13ClF3NO2. The van der Waals surface area contributed by atoms with Gasteiger partial charge in [0, 0.05) is 17.1 Å². The smallest absolute Gasteiger partial charge is 0.406 e. The average molecular weight is 344 g/mol. The van der Waals surface area contributed by atoms with Crippen LogP contribution in [0.3, 0.4) is 0 Å². The van der Waals surface area contributed by atoms with Crippen LogP contribution in [0.4, 0.5) is 13.2 Å². The Labute approximate surface area is 136 Å². The maximum Gasteiger partial charge on any atom is 0.573 e. The molecule has 0 bridgehead atoms. The van der Waals surface area contributed by atoms with Crippen molar-refractivity contribution < 1.29 is 22.7 Å². The monoisotopic (exact) mass is 343 g/mol. The lowest BCUT2D eigenvalue weighted by molar-refractivity contribution is -0.274. The lowest BCUT2D eigenvalue weighted by Crippen LogP contribution is -2.25. The molecule has 0 radical (unpaired) electrons. The molecule has 23 heavy (non-hydrogen) atoms. The molecule has 2 aromatic rings. The van der Waals surface area contributed by atoms with E-state index in [9.17, 15) is 18.0 Å². The topological polar surface area (TPSA) is 38.3 Å². The molecule has 0 fully saturated rings. The summed E-state index contributed by atoms with van der Waals surface area (Å²) in [5.41, 5.74) is 1.28. The van der Waals surface area contributed by atoms with Crippen molar-refractivity contribution in [3.8, 4) is 5.75 Å². The van der Waals surface area contributed by atoms with E-state index in [1.54, 1.807) is 12.1 Å². The number of amides is 1. The standard InChI is InChI=1S/C16H13ClF3NO2/c17-13-5-1-11(2-6-13)9-10-21-15(22)12-3-7-14(8-4-12)23-16(18,19)20/h1-8H,9-10H2,(H,21,22). The Morgan fingerprint density at radius 1 is 1.04 bits per heavy atom. The van der Waals surface area contributed by atoms with Gasteiger partial charge >= 0.3 is 6.36 Å². The predicted octanol–water partition coefficient (Wildman–Crippen LogP) is 4.21. The van der Waals surface area contributed by atoms with Gasteiger partial charge in [-0.15, -0.1) is 13.2 Å². The van der Waals surface area contributed by atoms with Crippen LogP contribution in [0.25, 0.3) is 0 Å². The molecule has 0 aliphatic rings. The summed E-state index contributed by atoms with van der Waals surface area (Å²) in [5, 5.41) is 3.33. The second kappa shape index (κ2) is 7.37. The quantitative estimate of drug-likeness (QED) is 0.883. The number of halogens is 4. The summed E-state index contributed by atoms with van der Waals surface area (Å²) in [7, 11) is 0. The highest BCUT2D eigenvalue weighted by molar-refractivity contribution is 6.30. The Hall–Kier alpha value is -2.21. The van der Waals surface area contributed by atoms with Crippen molar-refractivity contribution in [2.45, 2.75) is 12.8 Å². The van der Waals surface area contributed by atoms with Crippen LogP contribution in [-0.4, -0.2) is 18.8 Å². The van der Waals surface area contributed by atoms with Crippen LogP contribution in [-0.2, 0) is 6.42 Å². The summed E-state index contributed by atoms with van der Waals surface area (Å²) in [5.74, 6) is -0.729. The molecule has 3 nitrogen and oxygen atoms in total. The maximum absolute atomic E-state index is 12.0. The molecule has 0 aliphatic carbocycles. The van der Waals surface area contributed by atoms with E-state index in [-0.39, 0.29) is 17.2 Å². The highest BCUT2D eigenvalue weighted by atomic mass is 35.5. The third-order valence-corrected chi connectivity index (χ3v) is 3.21. The van der Waals surface area contributed by atoms with E-state index in [0.717, 1.165) is 17.7 Å². The highest BCUT2D eigenvalue weighted by Gasteiger charge is 2.31. The fourth-order valence-electron chi connectivity index (χ4n) is 1.88. The van der Waals surface area contributed by atoms with Crippen molar-refractivity contribution in [2.24, 2.45) is 0 Å². The zero-order valence-electron chi connectivity index (χ0n) is 11.9. The van der Waals surface area contributed by atoms with Gasteiger partial charge in [0.05, 0.1) is 0 Å². The third kappa shape index (κ3) is 5.83. The van der Waals surface area contributed by atoms with E-state index in [1.165, 1.54) is 12.1 Å². The summed E-state index contributed by atoms with van der Waals surface area (Å²) in [4.78, 5) is 11.9. The Balaban J connectivity index is 1.84. The van der Waals surface area contributed by atoms with Crippen molar-refractivity contribution >= 4 is 17.5 Å². The number of hydrogen-bond donors (Lipinski definition) is 1. The molecule has 0 heterocycles. The van der Waals surface area contributed by atoms with E-state index in [1.807, 2.05) is 12.1 Å². The normalized spacial score (nSPS) is 11.1. The first-order chi connectivity index (χ1) is 10.8. The molecule has 7 heteroatoms. The number of carbonyl (C=O) groups is 1. The molecule has 0 saturated carbocycles. The minimum atomic E-state index is -4.75. The van der Waals surface area contributed by atoms with E-state index < -0.39 is 6.36 Å². The Morgan fingerprint density at radius 3 is 2.22 bits per heavy atom. The molecular weight excluding hydrogens is 331 g/mol. The molecule has 0 spiro atoms. The second-order valence-electron chi connectivity index (χ2n) is 4.70. The minimum absolute atomic E-state index is 0.260. The van der Waals surface area contributed by atoms with Gasteiger partial charge in [0.25, 0.3) is 5.91 Å². The summed E-state index contributed by atoms with van der Waals surface area (Å²) in [6, 6.07) is 12.0. The summed E-state index contributed by atoms with van der Waals surface area (Å²) >= 11 is 5.78. The molecule has 1 amide bonds. The van der Waals surface area contributed by atoms with E-state index in [2.05, 4.69) is 10.1 Å². The molecule has 0 aliphatic heterocycles. The average Bonchev–Trinajstić information content (AvgIpc) is 2.48. The van der Waals surface area contributed by atoms with Crippen LogP contribution in [0.1, 0.15) is 15.9 Å². The summed E-state index contributed by atoms with van der Waals surface area (Å²) in [6.07, 6.45) is -4.12. The molecule has 0 saturated heterocycles. The van der Waals surface area contributed by atoms with E-state index >= 15 is 0 Å². The van der Waals surface area contributed by atoms with Crippen molar-refractivity contribution in [1.82, 2.24) is 5.32 Å².